The fraction of sp³-hybridized carbons (Fsp3) is 0.600. The number of amides is 2. The molecule has 0 bridgehead atoms. The van der Waals surface area contributed by atoms with E-state index in [1.54, 1.807) is 13.8 Å². The number of nitrogens with zero attached hydrogens (tertiary/aromatic N) is 1. The van der Waals surface area contributed by atoms with E-state index in [1.165, 1.54) is 4.90 Å². The highest BCUT2D eigenvalue weighted by molar-refractivity contribution is 5.98. The maximum atomic E-state index is 14.2. The van der Waals surface area contributed by atoms with Crippen LogP contribution in [-0.4, -0.2) is 40.9 Å². The Morgan fingerprint density at radius 1 is 1.25 bits per heavy atom. The molecule has 156 valence electrons. The summed E-state index contributed by atoms with van der Waals surface area (Å²) in [4.78, 5) is 27.4. The van der Waals surface area contributed by atoms with Gasteiger partial charge in [-0.15, -0.1) is 12.4 Å². The van der Waals surface area contributed by atoms with Crippen LogP contribution in [0, 0.1) is 17.6 Å². The lowest BCUT2D eigenvalue weighted by Gasteiger charge is -2.34. The molecule has 0 radical (unpaired) electrons. The lowest BCUT2D eigenvalue weighted by Crippen LogP contribution is -2.53. The topological polar surface area (TPSA) is 75.4 Å². The van der Waals surface area contributed by atoms with E-state index in [1.807, 2.05) is 0 Å². The minimum atomic E-state index is -0.901. The number of fused-ring (bicyclic) bond motifs is 1. The van der Waals surface area contributed by atoms with Crippen molar-refractivity contribution >= 4 is 24.2 Å². The van der Waals surface area contributed by atoms with Gasteiger partial charge in [0.2, 0.25) is 5.91 Å². The summed E-state index contributed by atoms with van der Waals surface area (Å²) in [6.07, 6.45) is 4.35. The number of likely N-dealkylation sites (tertiary alicyclic amines) is 1. The molecule has 0 spiro atoms. The number of benzene rings is 1. The van der Waals surface area contributed by atoms with E-state index in [0.29, 0.717) is 12.5 Å². The molecule has 3 unspecified atom stereocenters. The Kier molecular flexibility index (Phi) is 7.04. The van der Waals surface area contributed by atoms with Gasteiger partial charge in [0, 0.05) is 24.2 Å². The average molecular weight is 416 g/mol. The number of carbonyl (C=O) groups is 2. The maximum absolute atomic E-state index is 14.2. The monoisotopic (exact) mass is 415 g/mol. The van der Waals surface area contributed by atoms with Gasteiger partial charge in [-0.05, 0) is 51.2 Å². The van der Waals surface area contributed by atoms with Crippen molar-refractivity contribution in [3.05, 3.63) is 35.4 Å². The van der Waals surface area contributed by atoms with Gasteiger partial charge in [0.05, 0.1) is 5.56 Å². The van der Waals surface area contributed by atoms with Gasteiger partial charge in [0.15, 0.2) is 0 Å². The molecule has 1 aliphatic carbocycles. The van der Waals surface area contributed by atoms with Crippen LogP contribution in [0.5, 0.6) is 0 Å². The van der Waals surface area contributed by atoms with Gasteiger partial charge >= 0.3 is 0 Å². The second-order valence-electron chi connectivity index (χ2n) is 8.41. The molecule has 1 aromatic carbocycles. The molecule has 2 aliphatic rings. The Morgan fingerprint density at radius 3 is 2.57 bits per heavy atom. The second kappa shape index (κ2) is 8.74. The molecule has 1 heterocycles. The smallest absolute Gasteiger partial charge is 0.257 e. The van der Waals surface area contributed by atoms with Gasteiger partial charge in [-0.3, -0.25) is 9.59 Å². The SMILES string of the molecule is CC(C)(N)CNC(=O)C1CC2CCCCC2N1C(=O)c1ccc(F)cc1F.Cl. The standard InChI is InChI=1S/C20H27F2N3O2.ClH/c1-20(2,23)11-24-18(26)17-9-12-5-3-4-6-16(12)25(17)19(27)14-8-7-13(21)10-15(14)22;/h7-8,10,12,16-17H,3-6,9,11,23H2,1-2H3,(H,24,26);1H. The zero-order valence-electron chi connectivity index (χ0n) is 16.2. The summed E-state index contributed by atoms with van der Waals surface area (Å²) in [5, 5.41) is 2.82. The highest BCUT2D eigenvalue weighted by atomic mass is 35.5. The molecule has 5 nitrogen and oxygen atoms in total. The summed E-state index contributed by atoms with van der Waals surface area (Å²) in [7, 11) is 0. The molecule has 2 amide bonds. The van der Waals surface area contributed by atoms with Gasteiger partial charge in [-0.25, -0.2) is 8.78 Å². The summed E-state index contributed by atoms with van der Waals surface area (Å²) in [6, 6.07) is 2.18. The minimum Gasteiger partial charge on any atom is -0.352 e. The third kappa shape index (κ3) is 4.81. The molecule has 1 saturated heterocycles. The number of hydrogen-bond acceptors (Lipinski definition) is 3. The van der Waals surface area contributed by atoms with Crippen molar-refractivity contribution in [3.8, 4) is 0 Å². The normalized spacial score (nSPS) is 24.3. The highest BCUT2D eigenvalue weighted by Gasteiger charge is 2.48. The molecule has 0 aromatic heterocycles. The molecule has 3 atom stereocenters. The largest absolute Gasteiger partial charge is 0.352 e. The van der Waals surface area contributed by atoms with Gasteiger partial charge in [0.25, 0.3) is 5.91 Å². The predicted molar refractivity (Wildman–Crippen MR) is 105 cm³/mol. The lowest BCUT2D eigenvalue weighted by atomic mass is 9.84. The first kappa shape index (κ1) is 22.6. The van der Waals surface area contributed by atoms with Crippen molar-refractivity contribution in [2.24, 2.45) is 11.7 Å². The van der Waals surface area contributed by atoms with Crippen molar-refractivity contribution in [3.63, 3.8) is 0 Å². The van der Waals surface area contributed by atoms with Crippen LogP contribution in [-0.2, 0) is 4.79 Å². The summed E-state index contributed by atoms with van der Waals surface area (Å²) < 4.78 is 27.4. The summed E-state index contributed by atoms with van der Waals surface area (Å²) in [5.41, 5.74) is 5.17. The van der Waals surface area contributed by atoms with E-state index in [4.69, 9.17) is 5.73 Å². The molecule has 3 N–H and O–H groups in total. The Hall–Kier alpha value is -1.73. The number of nitrogens with two attached hydrogens (primary N) is 1. The molecule has 28 heavy (non-hydrogen) atoms. The van der Waals surface area contributed by atoms with Crippen molar-refractivity contribution in [1.82, 2.24) is 10.2 Å². The van der Waals surface area contributed by atoms with Crippen LogP contribution in [0.4, 0.5) is 8.78 Å². The Bertz CT molecular complexity index is 739. The Labute approximate surface area is 170 Å². The maximum Gasteiger partial charge on any atom is 0.257 e. The summed E-state index contributed by atoms with van der Waals surface area (Å²) in [5.74, 6) is -2.22. The second-order valence-corrected chi connectivity index (χ2v) is 8.41. The van der Waals surface area contributed by atoms with E-state index in [0.717, 1.165) is 37.8 Å². The van der Waals surface area contributed by atoms with Crippen LogP contribution in [0.1, 0.15) is 56.3 Å². The van der Waals surface area contributed by atoms with Crippen LogP contribution < -0.4 is 11.1 Å². The molecular weight excluding hydrogens is 388 g/mol. The van der Waals surface area contributed by atoms with Gasteiger partial charge < -0.3 is 16.0 Å². The zero-order valence-corrected chi connectivity index (χ0v) is 17.0. The van der Waals surface area contributed by atoms with Crippen molar-refractivity contribution in [2.75, 3.05) is 6.54 Å². The first-order chi connectivity index (χ1) is 12.7. The fourth-order valence-corrected chi connectivity index (χ4v) is 4.22. The Morgan fingerprint density at radius 2 is 1.93 bits per heavy atom. The molecule has 2 fully saturated rings. The quantitative estimate of drug-likeness (QED) is 0.793. The van der Waals surface area contributed by atoms with Crippen LogP contribution in [0.25, 0.3) is 0 Å². The number of carbonyl (C=O) groups excluding carboxylic acids is 2. The van der Waals surface area contributed by atoms with Gasteiger partial charge in [-0.1, -0.05) is 12.8 Å². The number of halogens is 3. The van der Waals surface area contributed by atoms with E-state index in [-0.39, 0.29) is 42.4 Å². The van der Waals surface area contributed by atoms with Gasteiger partial charge in [-0.2, -0.15) is 0 Å². The van der Waals surface area contributed by atoms with Crippen LogP contribution in [0.3, 0.4) is 0 Å². The fourth-order valence-electron chi connectivity index (χ4n) is 4.22. The van der Waals surface area contributed by atoms with Crippen molar-refractivity contribution in [1.29, 1.82) is 0 Å². The summed E-state index contributed by atoms with van der Waals surface area (Å²) in [6.45, 7) is 3.89. The molecule has 3 rings (SSSR count). The predicted octanol–water partition coefficient (Wildman–Crippen LogP) is 3.01. The first-order valence-electron chi connectivity index (χ1n) is 9.52. The minimum absolute atomic E-state index is 0. The highest BCUT2D eigenvalue weighted by Crippen LogP contribution is 2.40. The van der Waals surface area contributed by atoms with Crippen LogP contribution in [0.15, 0.2) is 18.2 Å². The average Bonchev–Trinajstić information content (AvgIpc) is 2.98. The van der Waals surface area contributed by atoms with E-state index in [2.05, 4.69) is 5.32 Å². The van der Waals surface area contributed by atoms with E-state index >= 15 is 0 Å². The first-order valence-corrected chi connectivity index (χ1v) is 9.52. The van der Waals surface area contributed by atoms with E-state index in [9.17, 15) is 18.4 Å². The van der Waals surface area contributed by atoms with Gasteiger partial charge in [0.1, 0.15) is 17.7 Å². The number of rotatable bonds is 4. The lowest BCUT2D eigenvalue weighted by molar-refractivity contribution is -0.125. The van der Waals surface area contributed by atoms with Crippen molar-refractivity contribution < 1.29 is 18.4 Å². The molecule has 1 aliphatic heterocycles. The van der Waals surface area contributed by atoms with Crippen LogP contribution in [0.2, 0.25) is 0 Å². The third-order valence-corrected chi connectivity index (χ3v) is 5.50. The zero-order chi connectivity index (χ0) is 19.8. The van der Waals surface area contributed by atoms with Crippen LogP contribution >= 0.6 is 12.4 Å². The third-order valence-electron chi connectivity index (χ3n) is 5.50. The molecular formula is C20H28ClF2N3O2. The summed E-state index contributed by atoms with van der Waals surface area (Å²) >= 11 is 0. The Balaban J connectivity index is 0.00000280. The molecule has 1 saturated carbocycles. The number of hydrogen-bond donors (Lipinski definition) is 2. The number of nitrogens with one attached hydrogen (secondary N) is 1. The molecule has 8 heteroatoms. The van der Waals surface area contributed by atoms with Crippen molar-refractivity contribution in [2.45, 2.75) is 63.6 Å². The molecule has 1 aromatic rings. The van der Waals surface area contributed by atoms with E-state index < -0.39 is 29.1 Å².